The fourth-order valence-corrected chi connectivity index (χ4v) is 3.12. The summed E-state index contributed by atoms with van der Waals surface area (Å²) < 4.78 is 83.0. The molecule has 0 N–H and O–H groups in total. The molecule has 150 valence electrons. The van der Waals surface area contributed by atoms with Gasteiger partial charge in [0.2, 0.25) is 5.82 Å². The number of alkyl halides is 5. The molecule has 0 fully saturated rings. The van der Waals surface area contributed by atoms with Crippen LogP contribution in [-0.2, 0) is 12.1 Å². The fraction of sp³-hybridized carbons (Fsp3) is 0.263. The molecular formula is C19H12F6N4. The van der Waals surface area contributed by atoms with Gasteiger partial charge < -0.3 is 0 Å². The summed E-state index contributed by atoms with van der Waals surface area (Å²) >= 11 is 0. The normalized spacial score (nSPS) is 17.7. The van der Waals surface area contributed by atoms with Crippen LogP contribution in [0.2, 0.25) is 0 Å². The van der Waals surface area contributed by atoms with Gasteiger partial charge in [0.1, 0.15) is 16.8 Å². The molecule has 1 aromatic heterocycles. The van der Waals surface area contributed by atoms with E-state index >= 15 is 0 Å². The highest BCUT2D eigenvalue weighted by Gasteiger charge is 2.54. The Morgan fingerprint density at radius 2 is 1.69 bits per heavy atom. The summed E-state index contributed by atoms with van der Waals surface area (Å²) in [6.45, 7) is 2.20. The van der Waals surface area contributed by atoms with Gasteiger partial charge in [0.05, 0.1) is 11.1 Å². The van der Waals surface area contributed by atoms with Crippen molar-refractivity contribution in [2.45, 2.75) is 31.5 Å². The molecule has 0 amide bonds. The lowest BCUT2D eigenvalue weighted by molar-refractivity contribution is -0.138. The van der Waals surface area contributed by atoms with Gasteiger partial charge in [-0.3, -0.25) is 4.99 Å². The Morgan fingerprint density at radius 1 is 0.966 bits per heavy atom. The highest BCUT2D eigenvalue weighted by Crippen LogP contribution is 2.48. The maximum absolute atomic E-state index is 15.0. The third-order valence-corrected chi connectivity index (χ3v) is 4.75. The molecule has 0 bridgehead atoms. The summed E-state index contributed by atoms with van der Waals surface area (Å²) in [4.78, 5) is 8.16. The van der Waals surface area contributed by atoms with E-state index in [0.717, 1.165) is 26.0 Å². The van der Waals surface area contributed by atoms with Crippen molar-refractivity contribution in [3.05, 3.63) is 64.7 Å². The van der Waals surface area contributed by atoms with E-state index in [1.165, 1.54) is 12.1 Å². The highest BCUT2D eigenvalue weighted by atomic mass is 19.4. The second-order valence-electron chi connectivity index (χ2n) is 7.09. The number of rotatable bonds is 1. The SMILES string of the molecule is CC1(C)N=C(c2nnc3c(F)cccc3n2)c2ccc(C(F)(F)F)cc2C1(F)F. The minimum atomic E-state index is -4.79. The third-order valence-electron chi connectivity index (χ3n) is 4.75. The van der Waals surface area contributed by atoms with Gasteiger partial charge in [-0.1, -0.05) is 12.1 Å². The van der Waals surface area contributed by atoms with Crippen molar-refractivity contribution in [3.8, 4) is 0 Å². The Bertz CT molecular complexity index is 1170. The zero-order valence-electron chi connectivity index (χ0n) is 15.0. The minimum absolute atomic E-state index is 0.112. The van der Waals surface area contributed by atoms with Crippen molar-refractivity contribution >= 4 is 16.7 Å². The summed E-state index contributed by atoms with van der Waals surface area (Å²) in [5, 5.41) is 7.51. The number of benzene rings is 2. The summed E-state index contributed by atoms with van der Waals surface area (Å²) in [6.07, 6.45) is -4.79. The number of nitrogens with zero attached hydrogens (tertiary/aromatic N) is 4. The molecule has 2 heterocycles. The number of hydrogen-bond donors (Lipinski definition) is 0. The maximum atomic E-state index is 15.0. The van der Waals surface area contributed by atoms with Crippen LogP contribution in [0, 0.1) is 5.82 Å². The Hall–Kier alpha value is -3.04. The molecule has 4 nitrogen and oxygen atoms in total. The molecule has 0 saturated carbocycles. The number of halogens is 6. The Kier molecular flexibility index (Phi) is 3.97. The minimum Gasteiger partial charge on any atom is -0.268 e. The van der Waals surface area contributed by atoms with E-state index in [1.54, 1.807) is 0 Å². The molecule has 0 radical (unpaired) electrons. The van der Waals surface area contributed by atoms with E-state index in [9.17, 15) is 26.3 Å². The summed E-state index contributed by atoms with van der Waals surface area (Å²) in [6, 6.07) is 6.03. The Balaban J connectivity index is 1.97. The molecule has 0 aliphatic carbocycles. The number of aromatic nitrogens is 3. The van der Waals surface area contributed by atoms with Crippen molar-refractivity contribution in [2.75, 3.05) is 0 Å². The molecule has 0 atom stereocenters. The van der Waals surface area contributed by atoms with Crippen molar-refractivity contribution in [2.24, 2.45) is 4.99 Å². The summed E-state index contributed by atoms with van der Waals surface area (Å²) in [7, 11) is 0. The molecule has 4 rings (SSSR count). The number of aliphatic imine (C=N–C) groups is 1. The quantitative estimate of drug-likeness (QED) is 0.536. The average molecular weight is 410 g/mol. The molecule has 1 aliphatic heterocycles. The van der Waals surface area contributed by atoms with Crippen LogP contribution in [0.1, 0.15) is 36.4 Å². The Labute approximate surface area is 160 Å². The first-order valence-corrected chi connectivity index (χ1v) is 8.41. The van der Waals surface area contributed by atoms with E-state index in [2.05, 4.69) is 20.2 Å². The highest BCUT2D eigenvalue weighted by molar-refractivity contribution is 6.13. The summed E-state index contributed by atoms with van der Waals surface area (Å²) in [5.41, 5.74) is -4.48. The molecule has 0 spiro atoms. The van der Waals surface area contributed by atoms with Gasteiger partial charge in [0, 0.05) is 11.1 Å². The van der Waals surface area contributed by atoms with Crippen molar-refractivity contribution < 1.29 is 26.3 Å². The van der Waals surface area contributed by atoms with E-state index in [0.29, 0.717) is 12.1 Å². The lowest BCUT2D eigenvalue weighted by atomic mass is 9.82. The van der Waals surface area contributed by atoms with Gasteiger partial charge in [-0.05, 0) is 38.1 Å². The van der Waals surface area contributed by atoms with Crippen molar-refractivity contribution in [1.82, 2.24) is 15.2 Å². The lowest BCUT2D eigenvalue weighted by Crippen LogP contribution is -2.44. The number of fused-ring (bicyclic) bond motifs is 2. The van der Waals surface area contributed by atoms with Gasteiger partial charge in [0.25, 0.3) is 5.92 Å². The first-order chi connectivity index (χ1) is 13.4. The van der Waals surface area contributed by atoms with Crippen LogP contribution in [0.15, 0.2) is 41.4 Å². The van der Waals surface area contributed by atoms with Crippen LogP contribution in [-0.4, -0.2) is 26.4 Å². The number of hydrogen-bond acceptors (Lipinski definition) is 4. The second kappa shape index (κ2) is 5.98. The molecule has 10 heteroatoms. The molecule has 0 unspecified atom stereocenters. The zero-order chi connectivity index (χ0) is 21.2. The van der Waals surface area contributed by atoms with E-state index in [1.807, 2.05) is 0 Å². The van der Waals surface area contributed by atoms with Gasteiger partial charge >= 0.3 is 6.18 Å². The van der Waals surface area contributed by atoms with E-state index in [4.69, 9.17) is 0 Å². The molecule has 29 heavy (non-hydrogen) atoms. The second-order valence-corrected chi connectivity index (χ2v) is 7.09. The van der Waals surface area contributed by atoms with Gasteiger partial charge in [-0.25, -0.2) is 9.37 Å². The third kappa shape index (κ3) is 2.93. The first-order valence-electron chi connectivity index (χ1n) is 8.41. The largest absolute Gasteiger partial charge is 0.416 e. The molecule has 1 aliphatic rings. The zero-order valence-corrected chi connectivity index (χ0v) is 15.0. The van der Waals surface area contributed by atoms with Crippen LogP contribution < -0.4 is 0 Å². The molecule has 2 aromatic carbocycles. The smallest absolute Gasteiger partial charge is 0.268 e. The molecule has 0 saturated heterocycles. The molecule has 3 aromatic rings. The van der Waals surface area contributed by atoms with Gasteiger partial charge in [0.15, 0.2) is 5.82 Å². The van der Waals surface area contributed by atoms with Gasteiger partial charge in [-0.2, -0.15) is 22.0 Å². The van der Waals surface area contributed by atoms with Gasteiger partial charge in [-0.15, -0.1) is 10.2 Å². The van der Waals surface area contributed by atoms with Crippen LogP contribution in [0.5, 0.6) is 0 Å². The molecular weight excluding hydrogens is 398 g/mol. The van der Waals surface area contributed by atoms with Crippen LogP contribution in [0.3, 0.4) is 0 Å². The topological polar surface area (TPSA) is 51.0 Å². The van der Waals surface area contributed by atoms with E-state index in [-0.39, 0.29) is 28.1 Å². The van der Waals surface area contributed by atoms with Crippen molar-refractivity contribution in [3.63, 3.8) is 0 Å². The first kappa shape index (κ1) is 19.3. The monoisotopic (exact) mass is 410 g/mol. The standard InChI is InChI=1S/C19H12F6N4/c1-17(2)18(21,22)11-8-9(19(23,24)25)6-7-10(11)14(27-17)16-26-13-5-3-4-12(20)15(13)28-29-16/h3-8H,1-2H3. The van der Waals surface area contributed by atoms with Crippen molar-refractivity contribution in [1.29, 1.82) is 0 Å². The lowest BCUT2D eigenvalue weighted by Gasteiger charge is -2.37. The van der Waals surface area contributed by atoms with Crippen LogP contribution >= 0.6 is 0 Å². The summed E-state index contributed by atoms with van der Waals surface area (Å²) in [5.74, 6) is -4.53. The van der Waals surface area contributed by atoms with Crippen LogP contribution in [0.4, 0.5) is 26.3 Å². The fourth-order valence-electron chi connectivity index (χ4n) is 3.12. The van der Waals surface area contributed by atoms with Crippen LogP contribution in [0.25, 0.3) is 11.0 Å². The van der Waals surface area contributed by atoms with E-state index < -0.39 is 34.6 Å². The average Bonchev–Trinajstić information content (AvgIpc) is 2.64. The predicted octanol–water partition coefficient (Wildman–Crippen LogP) is 4.90. The predicted molar refractivity (Wildman–Crippen MR) is 92.3 cm³/mol. The Morgan fingerprint density at radius 3 is 2.38 bits per heavy atom. The maximum Gasteiger partial charge on any atom is 0.416 e.